The van der Waals surface area contributed by atoms with Crippen LogP contribution in [0.5, 0.6) is 11.5 Å². The Balaban J connectivity index is 2.15. The van der Waals surface area contributed by atoms with Crippen molar-refractivity contribution in [3.8, 4) is 11.5 Å². The summed E-state index contributed by atoms with van der Waals surface area (Å²) in [5, 5.41) is 13.2. The average Bonchev–Trinajstić information content (AvgIpc) is 2.36. The fourth-order valence-corrected chi connectivity index (χ4v) is 1.49. The Morgan fingerprint density at radius 3 is 2.67 bits per heavy atom. The first-order chi connectivity index (χ1) is 8.66. The lowest BCUT2D eigenvalue weighted by molar-refractivity contribution is 0.343. The topological polar surface area (TPSA) is 41.8 Å². The molecule has 0 radical (unpaired) electrons. The highest BCUT2D eigenvalue weighted by Crippen LogP contribution is 2.21. The third kappa shape index (κ3) is 2.85. The van der Waals surface area contributed by atoms with Gasteiger partial charge in [0.25, 0.3) is 0 Å². The van der Waals surface area contributed by atoms with Crippen molar-refractivity contribution >= 4 is 6.21 Å². The largest absolute Gasteiger partial charge is 0.504 e. The molecule has 0 aliphatic rings. The Kier molecular flexibility index (Phi) is 3.57. The predicted octanol–water partition coefficient (Wildman–Crippen LogP) is 3.25. The minimum absolute atomic E-state index is 0.281. The van der Waals surface area contributed by atoms with Gasteiger partial charge in [-0.2, -0.15) is 0 Å². The zero-order valence-electron chi connectivity index (χ0n) is 9.80. The predicted molar refractivity (Wildman–Crippen MR) is 67.5 cm³/mol. The molecule has 0 spiro atoms. The number of hydrogen-bond donors (Lipinski definition) is 1. The minimum Gasteiger partial charge on any atom is -0.504 e. The number of aromatic hydroxyl groups is 1. The highest BCUT2D eigenvalue weighted by molar-refractivity contribution is 5.83. The third-order valence-corrected chi connectivity index (χ3v) is 2.33. The lowest BCUT2D eigenvalue weighted by atomic mass is 10.1. The van der Waals surface area contributed by atoms with Gasteiger partial charge in [0.05, 0.1) is 6.21 Å². The minimum atomic E-state index is -0.670. The molecule has 4 heteroatoms. The number of phenolic OH excluding ortho intramolecular Hbond substituents is 1. The summed E-state index contributed by atoms with van der Waals surface area (Å²) in [4.78, 5) is 5.08. The number of halogens is 1. The summed E-state index contributed by atoms with van der Waals surface area (Å²) < 4.78 is 13.2. The van der Waals surface area contributed by atoms with Crippen LogP contribution in [0.25, 0.3) is 0 Å². The van der Waals surface area contributed by atoms with Gasteiger partial charge in [-0.1, -0.05) is 23.4 Å². The molecule has 0 aromatic heterocycles. The van der Waals surface area contributed by atoms with Crippen molar-refractivity contribution in [2.45, 2.75) is 6.92 Å². The molecule has 18 heavy (non-hydrogen) atoms. The Morgan fingerprint density at radius 2 is 1.94 bits per heavy atom. The number of nitrogens with zero attached hydrogens (tertiary/aromatic N) is 1. The SMILES string of the molecule is Cc1cc(F)c(O)c(/C=N/Oc2ccccc2)c1. The molecule has 0 atom stereocenters. The molecular weight excluding hydrogens is 233 g/mol. The van der Waals surface area contributed by atoms with Crippen LogP contribution in [0.15, 0.2) is 47.6 Å². The van der Waals surface area contributed by atoms with Crippen LogP contribution in [-0.4, -0.2) is 11.3 Å². The van der Waals surface area contributed by atoms with Crippen LogP contribution in [0.3, 0.4) is 0 Å². The molecule has 0 fully saturated rings. The van der Waals surface area contributed by atoms with Crippen molar-refractivity contribution in [1.82, 2.24) is 0 Å². The van der Waals surface area contributed by atoms with Gasteiger partial charge in [0.15, 0.2) is 17.3 Å². The van der Waals surface area contributed by atoms with Crippen molar-refractivity contribution < 1.29 is 14.3 Å². The smallest absolute Gasteiger partial charge is 0.165 e. The number of rotatable bonds is 3. The maximum atomic E-state index is 13.2. The van der Waals surface area contributed by atoms with Gasteiger partial charge in [0.1, 0.15) is 0 Å². The maximum absolute atomic E-state index is 13.2. The van der Waals surface area contributed by atoms with E-state index in [9.17, 15) is 9.50 Å². The van der Waals surface area contributed by atoms with Crippen LogP contribution in [0.4, 0.5) is 4.39 Å². The Hall–Kier alpha value is -2.36. The molecule has 2 rings (SSSR count). The summed E-state index contributed by atoms with van der Waals surface area (Å²) in [5.74, 6) is -0.529. The van der Waals surface area contributed by atoms with Crippen molar-refractivity contribution in [2.24, 2.45) is 5.16 Å². The second-order valence-electron chi connectivity index (χ2n) is 3.82. The van der Waals surface area contributed by atoms with E-state index in [2.05, 4.69) is 5.16 Å². The molecule has 0 unspecified atom stereocenters. The normalized spacial score (nSPS) is 10.8. The molecule has 0 aliphatic heterocycles. The summed E-state index contributed by atoms with van der Waals surface area (Å²) in [5.41, 5.74) is 0.981. The van der Waals surface area contributed by atoms with Crippen molar-refractivity contribution in [2.75, 3.05) is 0 Å². The molecule has 3 nitrogen and oxygen atoms in total. The van der Waals surface area contributed by atoms with Crippen LogP contribution >= 0.6 is 0 Å². The van der Waals surface area contributed by atoms with Gasteiger partial charge in [0, 0.05) is 5.56 Å². The van der Waals surface area contributed by atoms with Crippen LogP contribution in [0.2, 0.25) is 0 Å². The third-order valence-electron chi connectivity index (χ3n) is 2.33. The number of aryl methyl sites for hydroxylation is 1. The average molecular weight is 245 g/mol. The molecule has 1 N–H and O–H groups in total. The monoisotopic (exact) mass is 245 g/mol. The molecular formula is C14H12FNO2. The lowest BCUT2D eigenvalue weighted by Gasteiger charge is -2.02. The summed E-state index contributed by atoms with van der Waals surface area (Å²) in [7, 11) is 0. The first kappa shape index (κ1) is 12.1. The summed E-state index contributed by atoms with van der Waals surface area (Å²) in [6.07, 6.45) is 1.28. The first-order valence-corrected chi connectivity index (χ1v) is 5.41. The van der Waals surface area contributed by atoms with Crippen LogP contribution in [0.1, 0.15) is 11.1 Å². The first-order valence-electron chi connectivity index (χ1n) is 5.41. The Bertz CT molecular complexity index is 568. The van der Waals surface area contributed by atoms with Crippen molar-refractivity contribution in [3.05, 3.63) is 59.4 Å². The standard InChI is InChI=1S/C14H12FNO2/c1-10-7-11(14(17)13(15)8-10)9-16-18-12-5-3-2-4-6-12/h2-9,17H,1H3/b16-9+. The zero-order chi connectivity index (χ0) is 13.0. The second kappa shape index (κ2) is 5.31. The fourth-order valence-electron chi connectivity index (χ4n) is 1.49. The van der Waals surface area contributed by atoms with Crippen LogP contribution in [0, 0.1) is 12.7 Å². The van der Waals surface area contributed by atoms with E-state index in [0.29, 0.717) is 11.3 Å². The number of hydrogen-bond acceptors (Lipinski definition) is 3. The molecule has 0 bridgehead atoms. The van der Waals surface area contributed by atoms with E-state index in [1.165, 1.54) is 12.3 Å². The van der Waals surface area contributed by atoms with Gasteiger partial charge in [-0.15, -0.1) is 0 Å². The number of para-hydroxylation sites is 1. The second-order valence-corrected chi connectivity index (χ2v) is 3.82. The van der Waals surface area contributed by atoms with Gasteiger partial charge >= 0.3 is 0 Å². The fraction of sp³-hybridized carbons (Fsp3) is 0.0714. The van der Waals surface area contributed by atoms with E-state index in [4.69, 9.17) is 4.84 Å². The highest BCUT2D eigenvalue weighted by atomic mass is 19.1. The van der Waals surface area contributed by atoms with Gasteiger partial charge in [-0.05, 0) is 36.8 Å². The van der Waals surface area contributed by atoms with E-state index in [-0.39, 0.29) is 5.56 Å². The summed E-state index contributed by atoms with van der Waals surface area (Å²) in [6, 6.07) is 11.9. The lowest BCUT2D eigenvalue weighted by Crippen LogP contribution is -1.91. The van der Waals surface area contributed by atoms with E-state index in [1.807, 2.05) is 18.2 Å². The molecule has 0 saturated heterocycles. The number of phenols is 1. The van der Waals surface area contributed by atoms with Crippen LogP contribution < -0.4 is 4.84 Å². The molecule has 0 aliphatic carbocycles. The van der Waals surface area contributed by atoms with Crippen molar-refractivity contribution in [3.63, 3.8) is 0 Å². The molecule has 2 aromatic carbocycles. The van der Waals surface area contributed by atoms with Crippen molar-refractivity contribution in [1.29, 1.82) is 0 Å². The van der Waals surface area contributed by atoms with Gasteiger partial charge in [-0.3, -0.25) is 0 Å². The molecule has 0 heterocycles. The molecule has 2 aromatic rings. The zero-order valence-corrected chi connectivity index (χ0v) is 9.80. The quantitative estimate of drug-likeness (QED) is 0.666. The van der Waals surface area contributed by atoms with E-state index in [0.717, 1.165) is 0 Å². The number of oxime groups is 1. The maximum Gasteiger partial charge on any atom is 0.165 e. The summed E-state index contributed by atoms with van der Waals surface area (Å²) >= 11 is 0. The highest BCUT2D eigenvalue weighted by Gasteiger charge is 2.06. The van der Waals surface area contributed by atoms with Gasteiger partial charge in [0.2, 0.25) is 0 Å². The van der Waals surface area contributed by atoms with Gasteiger partial charge < -0.3 is 9.94 Å². The van der Waals surface area contributed by atoms with Gasteiger partial charge in [-0.25, -0.2) is 4.39 Å². The molecule has 92 valence electrons. The molecule has 0 saturated carbocycles. The van der Waals surface area contributed by atoms with E-state index >= 15 is 0 Å². The Labute approximate surface area is 104 Å². The molecule has 0 amide bonds. The summed E-state index contributed by atoms with van der Waals surface area (Å²) in [6.45, 7) is 1.73. The van der Waals surface area contributed by atoms with Crippen LogP contribution in [-0.2, 0) is 0 Å². The van der Waals surface area contributed by atoms with E-state index < -0.39 is 11.6 Å². The Morgan fingerprint density at radius 1 is 1.22 bits per heavy atom. The van der Waals surface area contributed by atoms with E-state index in [1.54, 1.807) is 25.1 Å². The number of benzene rings is 2.